The SMILES string of the molecule is CNCc1cnc(Sc2nc3ccccc3[nH]2)c(C)c1. The summed E-state index contributed by atoms with van der Waals surface area (Å²) >= 11 is 1.57. The van der Waals surface area contributed by atoms with Crippen LogP contribution in [0.5, 0.6) is 0 Å². The molecule has 0 amide bonds. The number of aryl methyl sites for hydroxylation is 1. The molecule has 102 valence electrons. The highest BCUT2D eigenvalue weighted by Crippen LogP contribution is 2.28. The summed E-state index contributed by atoms with van der Waals surface area (Å²) in [7, 11) is 1.94. The Bertz CT molecular complexity index is 703. The van der Waals surface area contributed by atoms with Crippen LogP contribution >= 0.6 is 11.8 Å². The third kappa shape index (κ3) is 2.69. The van der Waals surface area contributed by atoms with E-state index in [4.69, 9.17) is 0 Å². The fourth-order valence-electron chi connectivity index (χ4n) is 2.10. The topological polar surface area (TPSA) is 53.6 Å². The number of H-pyrrole nitrogens is 1. The van der Waals surface area contributed by atoms with Crippen LogP contribution in [0.1, 0.15) is 11.1 Å². The predicted molar refractivity (Wildman–Crippen MR) is 82.0 cm³/mol. The fraction of sp³-hybridized carbons (Fsp3) is 0.200. The maximum absolute atomic E-state index is 4.56. The van der Waals surface area contributed by atoms with Gasteiger partial charge in [0.15, 0.2) is 5.16 Å². The highest BCUT2D eigenvalue weighted by atomic mass is 32.2. The number of hydrogen-bond acceptors (Lipinski definition) is 4. The smallest absolute Gasteiger partial charge is 0.172 e. The van der Waals surface area contributed by atoms with Crippen molar-refractivity contribution in [1.82, 2.24) is 20.3 Å². The van der Waals surface area contributed by atoms with Gasteiger partial charge < -0.3 is 10.3 Å². The number of para-hydroxylation sites is 2. The van der Waals surface area contributed by atoms with Gasteiger partial charge in [0.2, 0.25) is 0 Å². The maximum Gasteiger partial charge on any atom is 0.172 e. The zero-order valence-corrected chi connectivity index (χ0v) is 12.3. The van der Waals surface area contributed by atoms with E-state index in [9.17, 15) is 0 Å². The first kappa shape index (κ1) is 13.1. The predicted octanol–water partition coefficient (Wildman–Crippen LogP) is 3.14. The number of aromatic amines is 1. The number of nitrogens with one attached hydrogen (secondary N) is 2. The van der Waals surface area contributed by atoms with Crippen LogP contribution in [0.25, 0.3) is 11.0 Å². The van der Waals surface area contributed by atoms with E-state index in [0.717, 1.165) is 27.8 Å². The average Bonchev–Trinajstić information content (AvgIpc) is 2.84. The molecule has 0 aliphatic carbocycles. The zero-order chi connectivity index (χ0) is 13.9. The molecule has 0 unspecified atom stereocenters. The minimum absolute atomic E-state index is 0.837. The summed E-state index contributed by atoms with van der Waals surface area (Å²) < 4.78 is 0. The lowest BCUT2D eigenvalue weighted by atomic mass is 10.2. The van der Waals surface area contributed by atoms with Gasteiger partial charge in [0.05, 0.1) is 11.0 Å². The van der Waals surface area contributed by atoms with E-state index in [-0.39, 0.29) is 0 Å². The van der Waals surface area contributed by atoms with Gasteiger partial charge in [-0.3, -0.25) is 0 Å². The zero-order valence-electron chi connectivity index (χ0n) is 11.5. The van der Waals surface area contributed by atoms with Crippen LogP contribution in [0, 0.1) is 6.92 Å². The van der Waals surface area contributed by atoms with Gasteiger partial charge in [-0.15, -0.1) is 0 Å². The lowest BCUT2D eigenvalue weighted by molar-refractivity contribution is 0.806. The van der Waals surface area contributed by atoms with Crippen LogP contribution < -0.4 is 5.32 Å². The van der Waals surface area contributed by atoms with E-state index in [2.05, 4.69) is 33.3 Å². The normalized spacial score (nSPS) is 11.1. The van der Waals surface area contributed by atoms with E-state index in [0.29, 0.717) is 0 Å². The van der Waals surface area contributed by atoms with Gasteiger partial charge in [-0.05, 0) is 49.0 Å². The van der Waals surface area contributed by atoms with Crippen LogP contribution in [0.15, 0.2) is 46.7 Å². The molecule has 4 nitrogen and oxygen atoms in total. The number of hydrogen-bond donors (Lipinski definition) is 2. The molecule has 20 heavy (non-hydrogen) atoms. The monoisotopic (exact) mass is 284 g/mol. The molecule has 2 heterocycles. The molecule has 0 spiro atoms. The third-order valence-corrected chi connectivity index (χ3v) is 4.04. The van der Waals surface area contributed by atoms with E-state index < -0.39 is 0 Å². The highest BCUT2D eigenvalue weighted by molar-refractivity contribution is 7.99. The van der Waals surface area contributed by atoms with E-state index in [1.54, 1.807) is 11.8 Å². The second kappa shape index (κ2) is 5.64. The summed E-state index contributed by atoms with van der Waals surface area (Å²) in [5, 5.41) is 5.00. The molecular weight excluding hydrogens is 268 g/mol. The molecule has 0 aliphatic heterocycles. The van der Waals surface area contributed by atoms with Crippen molar-refractivity contribution >= 4 is 22.8 Å². The summed E-state index contributed by atoms with van der Waals surface area (Å²) in [6.45, 7) is 2.92. The molecule has 3 aromatic rings. The Hall–Kier alpha value is -1.85. The van der Waals surface area contributed by atoms with Crippen molar-refractivity contribution in [3.63, 3.8) is 0 Å². The van der Waals surface area contributed by atoms with Crippen LogP contribution in [0.3, 0.4) is 0 Å². The number of fused-ring (bicyclic) bond motifs is 1. The lowest BCUT2D eigenvalue weighted by Crippen LogP contribution is -2.05. The molecule has 0 bridgehead atoms. The highest BCUT2D eigenvalue weighted by Gasteiger charge is 2.08. The number of benzene rings is 1. The number of nitrogens with zero attached hydrogens (tertiary/aromatic N) is 2. The van der Waals surface area contributed by atoms with Gasteiger partial charge in [0, 0.05) is 12.7 Å². The molecule has 2 aromatic heterocycles. The Balaban J connectivity index is 1.86. The van der Waals surface area contributed by atoms with E-state index in [1.807, 2.05) is 37.5 Å². The number of pyridine rings is 1. The Morgan fingerprint density at radius 1 is 1.30 bits per heavy atom. The minimum atomic E-state index is 0.837. The van der Waals surface area contributed by atoms with Crippen molar-refractivity contribution in [2.24, 2.45) is 0 Å². The summed E-state index contributed by atoms with van der Waals surface area (Å²) in [5.74, 6) is 0. The maximum atomic E-state index is 4.56. The van der Waals surface area contributed by atoms with Crippen molar-refractivity contribution < 1.29 is 0 Å². The number of rotatable bonds is 4. The molecule has 5 heteroatoms. The molecule has 0 radical (unpaired) electrons. The van der Waals surface area contributed by atoms with Gasteiger partial charge in [0.1, 0.15) is 5.03 Å². The Kier molecular flexibility index (Phi) is 3.71. The fourth-order valence-corrected chi connectivity index (χ4v) is 2.91. The molecule has 3 rings (SSSR count). The van der Waals surface area contributed by atoms with Crippen LogP contribution in [0.4, 0.5) is 0 Å². The first-order valence-electron chi connectivity index (χ1n) is 6.49. The second-order valence-corrected chi connectivity index (χ2v) is 5.63. The lowest BCUT2D eigenvalue weighted by Gasteiger charge is -2.05. The summed E-state index contributed by atoms with van der Waals surface area (Å²) in [4.78, 5) is 12.4. The van der Waals surface area contributed by atoms with Crippen LogP contribution in [-0.2, 0) is 6.54 Å². The molecule has 0 atom stereocenters. The van der Waals surface area contributed by atoms with Crippen LogP contribution in [0.2, 0.25) is 0 Å². The minimum Gasteiger partial charge on any atom is -0.333 e. The van der Waals surface area contributed by atoms with E-state index >= 15 is 0 Å². The molecule has 1 aromatic carbocycles. The van der Waals surface area contributed by atoms with Gasteiger partial charge in [0.25, 0.3) is 0 Å². The second-order valence-electron chi connectivity index (χ2n) is 4.66. The summed E-state index contributed by atoms with van der Waals surface area (Å²) in [6.07, 6.45) is 1.91. The van der Waals surface area contributed by atoms with Crippen LogP contribution in [-0.4, -0.2) is 22.0 Å². The van der Waals surface area contributed by atoms with Gasteiger partial charge in [-0.1, -0.05) is 18.2 Å². The molecule has 2 N–H and O–H groups in total. The largest absolute Gasteiger partial charge is 0.333 e. The van der Waals surface area contributed by atoms with Gasteiger partial charge >= 0.3 is 0 Å². The molecular formula is C15H16N4S. The Morgan fingerprint density at radius 2 is 2.15 bits per heavy atom. The first-order chi connectivity index (χ1) is 9.76. The van der Waals surface area contributed by atoms with Crippen molar-refractivity contribution in [2.75, 3.05) is 7.05 Å². The molecule has 0 aliphatic rings. The molecule has 0 fully saturated rings. The average molecular weight is 284 g/mol. The standard InChI is InChI=1S/C15H16N4S/c1-10-7-11(8-16-2)9-17-14(10)20-15-18-12-5-3-4-6-13(12)19-15/h3-7,9,16H,8H2,1-2H3,(H,18,19). The molecule has 0 saturated carbocycles. The van der Waals surface area contributed by atoms with Crippen molar-refractivity contribution in [3.05, 3.63) is 47.7 Å². The van der Waals surface area contributed by atoms with E-state index in [1.165, 1.54) is 11.1 Å². The van der Waals surface area contributed by atoms with Crippen molar-refractivity contribution in [1.29, 1.82) is 0 Å². The first-order valence-corrected chi connectivity index (χ1v) is 7.30. The Morgan fingerprint density at radius 3 is 2.90 bits per heavy atom. The quantitative estimate of drug-likeness (QED) is 0.773. The van der Waals surface area contributed by atoms with Gasteiger partial charge in [-0.25, -0.2) is 9.97 Å². The van der Waals surface area contributed by atoms with Crippen molar-refractivity contribution in [3.8, 4) is 0 Å². The summed E-state index contributed by atoms with van der Waals surface area (Å²) in [5.41, 5.74) is 4.40. The number of aromatic nitrogens is 3. The summed E-state index contributed by atoms with van der Waals surface area (Å²) in [6, 6.07) is 10.2. The third-order valence-electron chi connectivity index (χ3n) is 3.03. The van der Waals surface area contributed by atoms with Gasteiger partial charge in [-0.2, -0.15) is 0 Å². The molecule has 0 saturated heterocycles. The Labute approximate surface area is 122 Å². The van der Waals surface area contributed by atoms with Crippen molar-refractivity contribution in [2.45, 2.75) is 23.7 Å². The number of imidazole rings is 1.